The predicted octanol–water partition coefficient (Wildman–Crippen LogP) is 3.09. The number of benzene rings is 1. The first-order valence-corrected chi connectivity index (χ1v) is 8.13. The summed E-state index contributed by atoms with van der Waals surface area (Å²) in [5.74, 6) is 0.877. The van der Waals surface area contributed by atoms with E-state index in [4.69, 9.17) is 9.15 Å². The average Bonchev–Trinajstić information content (AvgIpc) is 3.25. The molecule has 0 saturated heterocycles. The Morgan fingerprint density at radius 1 is 1.42 bits per heavy atom. The van der Waals surface area contributed by atoms with Gasteiger partial charge in [-0.2, -0.15) is 0 Å². The summed E-state index contributed by atoms with van der Waals surface area (Å²) in [7, 11) is 1.53. The molecule has 3 aromatic rings. The van der Waals surface area contributed by atoms with Crippen molar-refractivity contribution in [1.29, 1.82) is 0 Å². The fourth-order valence-corrected chi connectivity index (χ4v) is 2.91. The van der Waals surface area contributed by atoms with Gasteiger partial charge in [-0.1, -0.05) is 6.07 Å². The molecule has 0 saturated carbocycles. The van der Waals surface area contributed by atoms with Crippen molar-refractivity contribution in [2.24, 2.45) is 0 Å². The molecule has 1 aromatic carbocycles. The number of ether oxygens (including phenoxy) is 1. The van der Waals surface area contributed by atoms with Crippen molar-refractivity contribution >= 4 is 22.9 Å². The first kappa shape index (κ1) is 16.2. The zero-order chi connectivity index (χ0) is 16.9. The van der Waals surface area contributed by atoms with Crippen molar-refractivity contribution in [1.82, 2.24) is 4.98 Å². The third-order valence-corrected chi connectivity index (χ3v) is 4.22. The average molecular weight is 344 g/mol. The van der Waals surface area contributed by atoms with Gasteiger partial charge < -0.3 is 19.6 Å². The van der Waals surface area contributed by atoms with Crippen LogP contribution in [-0.2, 0) is 17.8 Å². The van der Waals surface area contributed by atoms with Gasteiger partial charge in [0.15, 0.2) is 0 Å². The maximum Gasteiger partial charge on any atom is 0.236 e. The molecule has 2 heterocycles. The lowest BCUT2D eigenvalue weighted by Gasteiger charge is -2.09. The van der Waals surface area contributed by atoms with E-state index in [0.29, 0.717) is 28.6 Å². The molecule has 0 bridgehead atoms. The largest absolute Gasteiger partial charge is 0.496 e. The summed E-state index contributed by atoms with van der Waals surface area (Å²) >= 11 is 1.53. The third-order valence-electron chi connectivity index (χ3n) is 3.36. The predicted molar refractivity (Wildman–Crippen MR) is 91.1 cm³/mol. The molecule has 0 spiro atoms. The number of aliphatic hydroxyl groups excluding tert-OH is 1. The van der Waals surface area contributed by atoms with Crippen LogP contribution in [0.3, 0.4) is 0 Å². The second-order valence-corrected chi connectivity index (χ2v) is 5.98. The lowest BCUT2D eigenvalue weighted by Crippen LogP contribution is -2.14. The Morgan fingerprint density at radius 3 is 3.00 bits per heavy atom. The van der Waals surface area contributed by atoms with E-state index in [0.717, 1.165) is 4.88 Å². The number of methoxy groups -OCH3 is 1. The number of anilines is 1. The summed E-state index contributed by atoms with van der Waals surface area (Å²) < 4.78 is 10.5. The van der Waals surface area contributed by atoms with Gasteiger partial charge in [-0.25, -0.2) is 4.98 Å². The van der Waals surface area contributed by atoms with Gasteiger partial charge in [0.1, 0.15) is 12.0 Å². The minimum atomic E-state index is -0.213. The van der Waals surface area contributed by atoms with Crippen LogP contribution >= 0.6 is 11.3 Å². The summed E-state index contributed by atoms with van der Waals surface area (Å²) in [5.41, 5.74) is 1.76. The molecule has 6 nitrogen and oxygen atoms in total. The quantitative estimate of drug-likeness (QED) is 0.718. The molecule has 124 valence electrons. The van der Waals surface area contributed by atoms with Crippen LogP contribution in [0.2, 0.25) is 0 Å². The highest BCUT2D eigenvalue weighted by atomic mass is 32.1. The van der Waals surface area contributed by atoms with E-state index in [1.807, 2.05) is 17.5 Å². The number of hydrogen-bond acceptors (Lipinski definition) is 6. The van der Waals surface area contributed by atoms with E-state index >= 15 is 0 Å². The Bertz CT molecular complexity index is 827. The third kappa shape index (κ3) is 3.64. The molecule has 2 aromatic heterocycles. The molecular weight excluding hydrogens is 328 g/mol. The number of rotatable bonds is 6. The molecule has 2 N–H and O–H groups in total. The molecule has 0 radical (unpaired) electrons. The van der Waals surface area contributed by atoms with Crippen molar-refractivity contribution in [3.05, 3.63) is 53.2 Å². The van der Waals surface area contributed by atoms with Gasteiger partial charge in [-0.3, -0.25) is 4.79 Å². The monoisotopic (exact) mass is 344 g/mol. The molecular formula is C17H16N2O4S. The number of nitrogens with zero attached hydrogens (tertiary/aromatic N) is 1. The van der Waals surface area contributed by atoms with Crippen LogP contribution in [0.1, 0.15) is 11.3 Å². The number of aliphatic hydroxyl groups is 1. The molecule has 0 aliphatic rings. The maximum absolute atomic E-state index is 12.1. The number of thiophene rings is 1. The molecule has 0 aliphatic carbocycles. The first-order valence-electron chi connectivity index (χ1n) is 7.25. The number of amides is 1. The smallest absolute Gasteiger partial charge is 0.236 e. The lowest BCUT2D eigenvalue weighted by molar-refractivity contribution is -0.115. The van der Waals surface area contributed by atoms with E-state index in [2.05, 4.69) is 10.3 Å². The van der Waals surface area contributed by atoms with Crippen LogP contribution in [0.5, 0.6) is 5.75 Å². The van der Waals surface area contributed by atoms with Crippen molar-refractivity contribution in [3.8, 4) is 16.5 Å². The van der Waals surface area contributed by atoms with Crippen LogP contribution in [0, 0.1) is 0 Å². The summed E-state index contributed by atoms with van der Waals surface area (Å²) in [6.07, 6.45) is 1.59. The Kier molecular flexibility index (Phi) is 4.93. The molecule has 3 rings (SSSR count). The van der Waals surface area contributed by atoms with Crippen molar-refractivity contribution in [2.45, 2.75) is 13.0 Å². The minimum Gasteiger partial charge on any atom is -0.496 e. The highest BCUT2D eigenvalue weighted by Gasteiger charge is 2.12. The molecule has 0 fully saturated rings. The molecule has 0 aliphatic heterocycles. The Hall–Kier alpha value is -2.64. The fraction of sp³-hybridized carbons (Fsp3) is 0.176. The van der Waals surface area contributed by atoms with E-state index in [9.17, 15) is 9.90 Å². The van der Waals surface area contributed by atoms with Gasteiger partial charge in [-0.05, 0) is 29.6 Å². The van der Waals surface area contributed by atoms with Gasteiger partial charge in [-0.15, -0.1) is 11.3 Å². The van der Waals surface area contributed by atoms with Crippen molar-refractivity contribution in [2.75, 3.05) is 12.4 Å². The summed E-state index contributed by atoms with van der Waals surface area (Å²) in [6.45, 7) is -0.166. The normalized spacial score (nSPS) is 10.6. The van der Waals surface area contributed by atoms with Crippen LogP contribution < -0.4 is 10.1 Å². The zero-order valence-electron chi connectivity index (χ0n) is 13.0. The summed E-state index contributed by atoms with van der Waals surface area (Å²) in [5, 5.41) is 14.0. The number of aromatic nitrogens is 1. The van der Waals surface area contributed by atoms with Crippen LogP contribution in [-0.4, -0.2) is 23.1 Å². The minimum absolute atomic E-state index is 0.107. The van der Waals surface area contributed by atoms with Crippen LogP contribution in [0.4, 0.5) is 5.69 Å². The summed E-state index contributed by atoms with van der Waals surface area (Å²) in [4.78, 5) is 17.4. The SMILES string of the molecule is COc1ccc(NC(=O)Cc2coc(-c3cccs3)n2)cc1CO. The van der Waals surface area contributed by atoms with Crippen molar-refractivity contribution < 1.29 is 19.1 Å². The number of hydrogen-bond donors (Lipinski definition) is 2. The molecule has 0 unspecified atom stereocenters. The zero-order valence-corrected chi connectivity index (χ0v) is 13.8. The molecule has 7 heteroatoms. The summed E-state index contributed by atoms with van der Waals surface area (Å²) in [6, 6.07) is 8.92. The van der Waals surface area contributed by atoms with E-state index in [-0.39, 0.29) is 18.9 Å². The van der Waals surface area contributed by atoms with Gasteiger partial charge in [0.2, 0.25) is 11.8 Å². The topological polar surface area (TPSA) is 84.6 Å². The van der Waals surface area contributed by atoms with Crippen LogP contribution in [0.15, 0.2) is 46.4 Å². The van der Waals surface area contributed by atoms with Crippen LogP contribution in [0.25, 0.3) is 10.8 Å². The number of carbonyl (C=O) groups is 1. The van der Waals surface area contributed by atoms with Gasteiger partial charge in [0.05, 0.1) is 30.7 Å². The Morgan fingerprint density at radius 2 is 2.29 bits per heavy atom. The number of nitrogens with one attached hydrogen (secondary N) is 1. The second kappa shape index (κ2) is 7.29. The van der Waals surface area contributed by atoms with Gasteiger partial charge >= 0.3 is 0 Å². The molecule has 24 heavy (non-hydrogen) atoms. The highest BCUT2D eigenvalue weighted by molar-refractivity contribution is 7.13. The molecule has 1 amide bonds. The maximum atomic E-state index is 12.1. The van der Waals surface area contributed by atoms with E-state index in [1.165, 1.54) is 24.7 Å². The van der Waals surface area contributed by atoms with E-state index in [1.54, 1.807) is 18.2 Å². The lowest BCUT2D eigenvalue weighted by atomic mass is 10.2. The van der Waals surface area contributed by atoms with E-state index < -0.39 is 0 Å². The number of oxazole rings is 1. The second-order valence-electron chi connectivity index (χ2n) is 5.03. The fourth-order valence-electron chi connectivity index (χ4n) is 2.25. The van der Waals surface area contributed by atoms with Crippen molar-refractivity contribution in [3.63, 3.8) is 0 Å². The highest BCUT2D eigenvalue weighted by Crippen LogP contribution is 2.24. The Balaban J connectivity index is 1.65. The van der Waals surface area contributed by atoms with Gasteiger partial charge in [0, 0.05) is 11.3 Å². The number of carbonyl (C=O) groups excluding carboxylic acids is 1. The van der Waals surface area contributed by atoms with Gasteiger partial charge in [0.25, 0.3) is 0 Å². The standard InChI is InChI=1S/C17H16N2O4S/c1-22-14-5-4-12(7-11(14)9-20)18-16(21)8-13-10-23-17(19-13)15-3-2-6-24-15/h2-7,10,20H,8-9H2,1H3,(H,18,21). The first-order chi connectivity index (χ1) is 11.7. The molecule has 0 atom stereocenters. The Labute approximate surface area is 142 Å².